The van der Waals surface area contributed by atoms with Crippen LogP contribution >= 0.6 is 11.6 Å². The summed E-state index contributed by atoms with van der Waals surface area (Å²) in [5.74, 6) is -0.444. The van der Waals surface area contributed by atoms with Crippen LogP contribution in [-0.2, 0) is 9.59 Å². The molecular formula is C17H21ClN4O3. The Morgan fingerprint density at radius 3 is 2.72 bits per heavy atom. The molecule has 1 aromatic rings. The van der Waals surface area contributed by atoms with Crippen molar-refractivity contribution in [1.29, 1.82) is 0 Å². The number of imide groups is 1. The first-order valence-corrected chi connectivity index (χ1v) is 8.82. The number of hydrogen-bond acceptors (Lipinski definition) is 4. The van der Waals surface area contributed by atoms with Crippen LogP contribution in [0.2, 0.25) is 5.02 Å². The van der Waals surface area contributed by atoms with Gasteiger partial charge in [-0.3, -0.25) is 9.59 Å². The molecule has 8 heteroatoms. The van der Waals surface area contributed by atoms with E-state index in [4.69, 9.17) is 11.6 Å². The molecule has 0 aliphatic carbocycles. The number of halogens is 1. The molecule has 0 radical (unpaired) electrons. The maximum atomic E-state index is 12.5. The lowest BCUT2D eigenvalue weighted by Gasteiger charge is -2.23. The summed E-state index contributed by atoms with van der Waals surface area (Å²) < 4.78 is 0. The molecule has 2 fully saturated rings. The summed E-state index contributed by atoms with van der Waals surface area (Å²) in [5.41, 5.74) is 0.465. The lowest BCUT2D eigenvalue weighted by Crippen LogP contribution is -2.46. The molecule has 7 nitrogen and oxygen atoms in total. The zero-order valence-electron chi connectivity index (χ0n) is 13.8. The minimum atomic E-state index is -0.682. The summed E-state index contributed by atoms with van der Waals surface area (Å²) in [5, 5.41) is 9.37. The Balaban J connectivity index is 1.53. The SMILES string of the molecule is O=C(CCC1NC(=O)N(c2ccc(Cl)cc2)C1=O)NC1CCCNC1. The van der Waals surface area contributed by atoms with Gasteiger partial charge in [-0.05, 0) is 50.1 Å². The summed E-state index contributed by atoms with van der Waals surface area (Å²) in [4.78, 5) is 37.7. The van der Waals surface area contributed by atoms with Crippen molar-refractivity contribution in [3.8, 4) is 0 Å². The second-order valence-corrected chi connectivity index (χ2v) is 6.74. The fourth-order valence-corrected chi connectivity index (χ4v) is 3.24. The number of nitrogens with one attached hydrogen (secondary N) is 3. The highest BCUT2D eigenvalue weighted by molar-refractivity contribution is 6.30. The molecule has 0 aromatic heterocycles. The van der Waals surface area contributed by atoms with Crippen LogP contribution in [0.1, 0.15) is 25.7 Å². The average Bonchev–Trinajstić information content (AvgIpc) is 2.89. The van der Waals surface area contributed by atoms with Crippen molar-refractivity contribution in [3.05, 3.63) is 29.3 Å². The molecule has 4 amide bonds. The fourth-order valence-electron chi connectivity index (χ4n) is 3.11. The third-order valence-corrected chi connectivity index (χ3v) is 4.68. The van der Waals surface area contributed by atoms with Gasteiger partial charge >= 0.3 is 6.03 Å². The Labute approximate surface area is 151 Å². The topological polar surface area (TPSA) is 90.5 Å². The van der Waals surface area contributed by atoms with Crippen LogP contribution in [0.3, 0.4) is 0 Å². The van der Waals surface area contributed by atoms with Gasteiger partial charge in [-0.2, -0.15) is 0 Å². The molecule has 134 valence electrons. The van der Waals surface area contributed by atoms with Crippen molar-refractivity contribution in [2.24, 2.45) is 0 Å². The molecule has 0 spiro atoms. The standard InChI is InChI=1S/C17H21ClN4O3/c18-11-3-5-13(6-4-11)22-16(24)14(21-17(22)25)7-8-15(23)20-12-2-1-9-19-10-12/h3-6,12,14,19H,1-2,7-10H2,(H,20,23)(H,21,25). The number of hydrogen-bond donors (Lipinski definition) is 3. The predicted octanol–water partition coefficient (Wildman–Crippen LogP) is 1.41. The number of carbonyl (C=O) groups excluding carboxylic acids is 3. The van der Waals surface area contributed by atoms with E-state index < -0.39 is 12.1 Å². The number of benzene rings is 1. The van der Waals surface area contributed by atoms with Crippen LogP contribution in [0.15, 0.2) is 24.3 Å². The van der Waals surface area contributed by atoms with Gasteiger partial charge in [0.2, 0.25) is 5.91 Å². The zero-order chi connectivity index (χ0) is 17.8. The summed E-state index contributed by atoms with van der Waals surface area (Å²) in [6.45, 7) is 1.75. The normalized spacial score (nSPS) is 23.5. The number of carbonyl (C=O) groups is 3. The van der Waals surface area contributed by atoms with Gasteiger partial charge < -0.3 is 16.0 Å². The maximum absolute atomic E-state index is 12.5. The van der Waals surface area contributed by atoms with E-state index in [0.29, 0.717) is 10.7 Å². The van der Waals surface area contributed by atoms with Crippen molar-refractivity contribution in [2.75, 3.05) is 18.0 Å². The van der Waals surface area contributed by atoms with Crippen LogP contribution in [0.4, 0.5) is 10.5 Å². The lowest BCUT2D eigenvalue weighted by molar-refractivity contribution is -0.122. The summed E-state index contributed by atoms with van der Waals surface area (Å²) in [6, 6.07) is 5.45. The number of piperidine rings is 1. The second-order valence-electron chi connectivity index (χ2n) is 6.30. The number of rotatable bonds is 5. The molecule has 0 bridgehead atoms. The quantitative estimate of drug-likeness (QED) is 0.689. The number of nitrogens with zero attached hydrogens (tertiary/aromatic N) is 1. The minimum Gasteiger partial charge on any atom is -0.352 e. The van der Waals surface area contributed by atoms with Gasteiger partial charge in [0.15, 0.2) is 0 Å². The van der Waals surface area contributed by atoms with E-state index in [1.54, 1.807) is 24.3 Å². The predicted molar refractivity (Wildman–Crippen MR) is 94.5 cm³/mol. The first-order valence-electron chi connectivity index (χ1n) is 8.44. The molecule has 2 aliphatic rings. The smallest absolute Gasteiger partial charge is 0.329 e. The third-order valence-electron chi connectivity index (χ3n) is 4.43. The fraction of sp³-hybridized carbons (Fsp3) is 0.471. The van der Waals surface area contributed by atoms with E-state index >= 15 is 0 Å². The number of urea groups is 1. The highest BCUT2D eigenvalue weighted by Gasteiger charge is 2.38. The third kappa shape index (κ3) is 4.29. The number of amides is 4. The van der Waals surface area contributed by atoms with Gasteiger partial charge in [-0.25, -0.2) is 9.69 Å². The van der Waals surface area contributed by atoms with E-state index in [1.165, 1.54) is 0 Å². The van der Waals surface area contributed by atoms with E-state index in [-0.39, 0.29) is 30.7 Å². The summed E-state index contributed by atoms with van der Waals surface area (Å²) >= 11 is 5.83. The van der Waals surface area contributed by atoms with Crippen molar-refractivity contribution in [1.82, 2.24) is 16.0 Å². The molecule has 2 aliphatic heterocycles. The minimum absolute atomic E-state index is 0.0966. The Bertz CT molecular complexity index is 658. The van der Waals surface area contributed by atoms with Gasteiger partial charge in [0, 0.05) is 24.0 Å². The molecule has 2 atom stereocenters. The van der Waals surface area contributed by atoms with E-state index in [2.05, 4.69) is 16.0 Å². The van der Waals surface area contributed by atoms with Gasteiger partial charge in [0.05, 0.1) is 5.69 Å². The maximum Gasteiger partial charge on any atom is 0.329 e. The van der Waals surface area contributed by atoms with Crippen LogP contribution in [0.25, 0.3) is 0 Å². The van der Waals surface area contributed by atoms with Crippen molar-refractivity contribution in [2.45, 2.75) is 37.8 Å². The average molecular weight is 365 g/mol. The van der Waals surface area contributed by atoms with Gasteiger partial charge in [0.25, 0.3) is 5.91 Å². The highest BCUT2D eigenvalue weighted by Crippen LogP contribution is 2.23. The lowest BCUT2D eigenvalue weighted by atomic mass is 10.1. The van der Waals surface area contributed by atoms with E-state index in [1.807, 2.05) is 0 Å². The molecule has 25 heavy (non-hydrogen) atoms. The summed E-state index contributed by atoms with van der Waals surface area (Å²) in [6.07, 6.45) is 2.47. The molecular weight excluding hydrogens is 344 g/mol. The number of anilines is 1. The highest BCUT2D eigenvalue weighted by atomic mass is 35.5. The molecule has 3 rings (SSSR count). The van der Waals surface area contributed by atoms with Crippen LogP contribution in [0.5, 0.6) is 0 Å². The van der Waals surface area contributed by atoms with Crippen molar-refractivity contribution >= 4 is 35.1 Å². The Morgan fingerprint density at radius 2 is 2.04 bits per heavy atom. The van der Waals surface area contributed by atoms with Crippen molar-refractivity contribution < 1.29 is 14.4 Å². The van der Waals surface area contributed by atoms with Gasteiger partial charge in [0.1, 0.15) is 6.04 Å². The molecule has 1 aromatic carbocycles. The van der Waals surface area contributed by atoms with Crippen LogP contribution < -0.4 is 20.9 Å². The molecule has 2 saturated heterocycles. The second kappa shape index (κ2) is 7.84. The molecule has 0 saturated carbocycles. The monoisotopic (exact) mass is 364 g/mol. The Kier molecular flexibility index (Phi) is 5.55. The molecule has 2 heterocycles. The largest absolute Gasteiger partial charge is 0.352 e. The first-order chi connectivity index (χ1) is 12.0. The Hall–Kier alpha value is -2.12. The Morgan fingerprint density at radius 1 is 1.28 bits per heavy atom. The van der Waals surface area contributed by atoms with Crippen LogP contribution in [0, 0.1) is 0 Å². The first kappa shape index (κ1) is 17.7. The van der Waals surface area contributed by atoms with E-state index in [0.717, 1.165) is 30.8 Å². The van der Waals surface area contributed by atoms with Crippen molar-refractivity contribution in [3.63, 3.8) is 0 Å². The molecule has 3 N–H and O–H groups in total. The van der Waals surface area contributed by atoms with Crippen LogP contribution in [-0.4, -0.2) is 43.0 Å². The van der Waals surface area contributed by atoms with E-state index in [9.17, 15) is 14.4 Å². The molecule has 2 unspecified atom stereocenters. The summed E-state index contributed by atoms with van der Waals surface area (Å²) in [7, 11) is 0. The van der Waals surface area contributed by atoms with Gasteiger partial charge in [-0.15, -0.1) is 0 Å². The van der Waals surface area contributed by atoms with Gasteiger partial charge in [-0.1, -0.05) is 11.6 Å². The zero-order valence-corrected chi connectivity index (χ0v) is 14.5.